The van der Waals surface area contributed by atoms with Crippen molar-refractivity contribution in [1.82, 2.24) is 19.6 Å². The molecule has 2 amide bonds. The van der Waals surface area contributed by atoms with Crippen molar-refractivity contribution >= 4 is 23.1 Å². The van der Waals surface area contributed by atoms with E-state index in [1.54, 1.807) is 23.2 Å². The first-order chi connectivity index (χ1) is 13.1. The zero-order valence-corrected chi connectivity index (χ0v) is 15.2. The van der Waals surface area contributed by atoms with Crippen LogP contribution in [-0.2, 0) is 9.53 Å². The number of hydrogen-bond donors (Lipinski definition) is 2. The average molecular weight is 373 g/mol. The summed E-state index contributed by atoms with van der Waals surface area (Å²) in [4.78, 5) is 43.1. The molecule has 0 aliphatic carbocycles. The lowest BCUT2D eigenvalue weighted by molar-refractivity contribution is -0.133. The summed E-state index contributed by atoms with van der Waals surface area (Å²) < 4.78 is 6.53. The largest absolute Gasteiger partial charge is 0.378 e. The average Bonchev–Trinajstić information content (AvgIpc) is 2.71. The first kappa shape index (κ1) is 18.8. The molecule has 0 atom stereocenters. The van der Waals surface area contributed by atoms with Gasteiger partial charge in [-0.25, -0.2) is 4.98 Å². The Kier molecular flexibility index (Phi) is 6.02. The van der Waals surface area contributed by atoms with Crippen LogP contribution in [-0.4, -0.2) is 65.5 Å². The predicted octanol–water partition coefficient (Wildman–Crippen LogP) is 0.105. The molecule has 0 radical (unpaired) electrons. The monoisotopic (exact) mass is 373 g/mol. The van der Waals surface area contributed by atoms with Gasteiger partial charge in [-0.05, 0) is 18.6 Å². The lowest BCUT2D eigenvalue weighted by atomic mass is 10.2. The highest BCUT2D eigenvalue weighted by molar-refractivity contribution is 5.99. The van der Waals surface area contributed by atoms with Gasteiger partial charge in [0.1, 0.15) is 5.69 Å². The van der Waals surface area contributed by atoms with Crippen molar-refractivity contribution in [2.24, 2.45) is 0 Å². The molecule has 2 aromatic rings. The van der Waals surface area contributed by atoms with Crippen molar-refractivity contribution in [3.8, 4) is 0 Å². The van der Waals surface area contributed by atoms with Crippen LogP contribution in [0.5, 0.6) is 0 Å². The molecule has 0 saturated carbocycles. The third kappa shape index (κ3) is 4.25. The molecule has 1 fully saturated rings. The Morgan fingerprint density at radius 2 is 2.07 bits per heavy atom. The summed E-state index contributed by atoms with van der Waals surface area (Å²) in [6.07, 6.45) is 3.73. The number of morpholine rings is 1. The minimum Gasteiger partial charge on any atom is -0.378 e. The Hall–Kier alpha value is -2.94. The molecular weight excluding hydrogens is 350 g/mol. The van der Waals surface area contributed by atoms with E-state index in [1.165, 1.54) is 10.6 Å². The molecular formula is C18H23N5O4. The molecule has 1 aliphatic heterocycles. The molecule has 1 aliphatic rings. The first-order valence-corrected chi connectivity index (χ1v) is 8.99. The molecule has 0 unspecified atom stereocenters. The number of ether oxygens (including phenoxy) is 1. The molecule has 3 rings (SSSR count). The van der Waals surface area contributed by atoms with Crippen molar-refractivity contribution in [2.45, 2.75) is 13.3 Å². The summed E-state index contributed by atoms with van der Waals surface area (Å²) in [6, 6.07) is 3.25. The third-order valence-corrected chi connectivity index (χ3v) is 4.31. The Balaban J connectivity index is 1.78. The lowest BCUT2D eigenvalue weighted by Crippen LogP contribution is -2.43. The maximum absolute atomic E-state index is 12.7. The number of aromatic nitrogens is 2. The van der Waals surface area contributed by atoms with Crippen LogP contribution in [0.3, 0.4) is 0 Å². The second-order valence-electron chi connectivity index (χ2n) is 6.20. The van der Waals surface area contributed by atoms with Gasteiger partial charge >= 0.3 is 0 Å². The van der Waals surface area contributed by atoms with Gasteiger partial charge in [0.15, 0.2) is 5.65 Å². The van der Waals surface area contributed by atoms with Gasteiger partial charge < -0.3 is 20.3 Å². The van der Waals surface area contributed by atoms with Gasteiger partial charge in [0.05, 0.1) is 31.5 Å². The van der Waals surface area contributed by atoms with E-state index < -0.39 is 0 Å². The maximum Gasteiger partial charge on any atom is 0.281 e. The number of pyridine rings is 1. The van der Waals surface area contributed by atoms with Crippen molar-refractivity contribution in [3.05, 3.63) is 40.4 Å². The van der Waals surface area contributed by atoms with Gasteiger partial charge in [-0.2, -0.15) is 0 Å². The highest BCUT2D eigenvalue weighted by Gasteiger charge is 2.18. The van der Waals surface area contributed by atoms with Crippen LogP contribution in [0, 0.1) is 0 Å². The number of fused-ring (bicyclic) bond motifs is 1. The van der Waals surface area contributed by atoms with Crippen LogP contribution in [0.15, 0.2) is 29.3 Å². The van der Waals surface area contributed by atoms with E-state index in [0.717, 1.165) is 6.42 Å². The normalized spacial score (nSPS) is 14.2. The molecule has 2 aromatic heterocycles. The van der Waals surface area contributed by atoms with E-state index in [9.17, 15) is 14.4 Å². The second-order valence-corrected chi connectivity index (χ2v) is 6.20. The van der Waals surface area contributed by atoms with Gasteiger partial charge in [-0.3, -0.25) is 18.8 Å². The number of rotatable bonds is 6. The summed E-state index contributed by atoms with van der Waals surface area (Å²) in [6.45, 7) is 4.65. The number of hydrogen-bond acceptors (Lipinski definition) is 6. The van der Waals surface area contributed by atoms with Crippen molar-refractivity contribution in [2.75, 3.05) is 44.7 Å². The highest BCUT2D eigenvalue weighted by atomic mass is 16.5. The van der Waals surface area contributed by atoms with E-state index in [4.69, 9.17) is 4.74 Å². The molecule has 27 heavy (non-hydrogen) atoms. The zero-order chi connectivity index (χ0) is 19.2. The molecule has 3 heterocycles. The van der Waals surface area contributed by atoms with E-state index in [0.29, 0.717) is 38.4 Å². The van der Waals surface area contributed by atoms with Crippen LogP contribution in [0.4, 0.5) is 5.69 Å². The van der Waals surface area contributed by atoms with Crippen LogP contribution < -0.4 is 16.2 Å². The van der Waals surface area contributed by atoms with Gasteiger partial charge in [-0.1, -0.05) is 6.92 Å². The van der Waals surface area contributed by atoms with E-state index in [2.05, 4.69) is 15.6 Å². The summed E-state index contributed by atoms with van der Waals surface area (Å²) in [5, 5.41) is 5.64. The molecule has 0 spiro atoms. The summed E-state index contributed by atoms with van der Waals surface area (Å²) in [5.41, 5.74) is 0.459. The molecule has 2 N–H and O–H groups in total. The topological polar surface area (TPSA) is 105 Å². The number of nitrogens with zero attached hydrogens (tertiary/aromatic N) is 3. The number of nitrogens with one attached hydrogen (secondary N) is 2. The number of carbonyl (C=O) groups excluding carboxylic acids is 2. The number of anilines is 1. The maximum atomic E-state index is 12.7. The SMILES string of the molecule is CCCNC(=O)c1cccn2c(=O)c(NCC(=O)N3CCOCC3)cnc12. The third-order valence-electron chi connectivity index (χ3n) is 4.31. The molecule has 9 nitrogen and oxygen atoms in total. The Morgan fingerprint density at radius 1 is 1.30 bits per heavy atom. The van der Waals surface area contributed by atoms with E-state index in [-0.39, 0.29) is 35.3 Å². The second kappa shape index (κ2) is 8.63. The lowest BCUT2D eigenvalue weighted by Gasteiger charge is -2.26. The fraction of sp³-hybridized carbons (Fsp3) is 0.444. The smallest absolute Gasteiger partial charge is 0.281 e. The number of carbonyl (C=O) groups is 2. The van der Waals surface area contributed by atoms with Crippen LogP contribution in [0.1, 0.15) is 23.7 Å². The van der Waals surface area contributed by atoms with Crippen molar-refractivity contribution in [1.29, 1.82) is 0 Å². The van der Waals surface area contributed by atoms with Crippen LogP contribution in [0.2, 0.25) is 0 Å². The number of amides is 2. The molecule has 144 valence electrons. The van der Waals surface area contributed by atoms with Gasteiger partial charge in [0.25, 0.3) is 11.5 Å². The standard InChI is InChI=1S/C18H23N5O4/c1-2-5-19-17(25)13-4-3-6-23-16(13)21-11-14(18(23)26)20-12-15(24)22-7-9-27-10-8-22/h3-4,6,11,20H,2,5,7-10,12H2,1H3,(H,19,25). The van der Waals surface area contributed by atoms with Crippen molar-refractivity contribution < 1.29 is 14.3 Å². The molecule has 0 bridgehead atoms. The summed E-state index contributed by atoms with van der Waals surface area (Å²) in [5.74, 6) is -0.374. The fourth-order valence-electron chi connectivity index (χ4n) is 2.83. The van der Waals surface area contributed by atoms with Crippen LogP contribution >= 0.6 is 0 Å². The van der Waals surface area contributed by atoms with E-state index >= 15 is 0 Å². The minimum atomic E-state index is -0.361. The van der Waals surface area contributed by atoms with Crippen molar-refractivity contribution in [3.63, 3.8) is 0 Å². The van der Waals surface area contributed by atoms with Gasteiger partial charge in [-0.15, -0.1) is 0 Å². The summed E-state index contributed by atoms with van der Waals surface area (Å²) >= 11 is 0. The first-order valence-electron chi connectivity index (χ1n) is 8.99. The fourth-order valence-corrected chi connectivity index (χ4v) is 2.83. The predicted molar refractivity (Wildman–Crippen MR) is 100.0 cm³/mol. The Bertz CT molecular complexity index is 889. The molecule has 9 heteroatoms. The zero-order valence-electron chi connectivity index (χ0n) is 15.2. The molecule has 1 saturated heterocycles. The Labute approximate surface area is 156 Å². The highest BCUT2D eigenvalue weighted by Crippen LogP contribution is 2.09. The van der Waals surface area contributed by atoms with Crippen LogP contribution in [0.25, 0.3) is 5.65 Å². The molecule has 0 aromatic carbocycles. The summed E-state index contributed by atoms with van der Waals surface area (Å²) in [7, 11) is 0. The van der Waals surface area contributed by atoms with E-state index in [1.807, 2.05) is 6.92 Å². The minimum absolute atomic E-state index is 0.000334. The van der Waals surface area contributed by atoms with Gasteiger partial charge in [0, 0.05) is 25.8 Å². The van der Waals surface area contributed by atoms with Gasteiger partial charge in [0.2, 0.25) is 5.91 Å². The quantitative estimate of drug-likeness (QED) is 0.744. The Morgan fingerprint density at radius 3 is 2.81 bits per heavy atom.